The van der Waals surface area contributed by atoms with E-state index in [0.717, 1.165) is 12.8 Å². The van der Waals surface area contributed by atoms with Crippen molar-refractivity contribution in [2.45, 2.75) is 38.1 Å². The summed E-state index contributed by atoms with van der Waals surface area (Å²) in [4.78, 5) is 23.7. The van der Waals surface area contributed by atoms with E-state index in [1.807, 2.05) is 32.0 Å². The van der Waals surface area contributed by atoms with Crippen LogP contribution in [0.4, 0.5) is 0 Å². The number of ether oxygens (including phenoxy) is 1. The molecule has 1 fully saturated rings. The number of amides is 2. The van der Waals surface area contributed by atoms with E-state index in [4.69, 9.17) is 4.74 Å². The highest BCUT2D eigenvalue weighted by atomic mass is 16.5. The molecule has 120 valence electrons. The monoisotopic (exact) mass is 304 g/mol. The van der Waals surface area contributed by atoms with Crippen LogP contribution in [-0.4, -0.2) is 37.6 Å². The number of hydrogen-bond acceptors (Lipinski definition) is 3. The first kappa shape index (κ1) is 16.5. The maximum absolute atomic E-state index is 11.9. The average molecular weight is 304 g/mol. The van der Waals surface area contributed by atoms with Gasteiger partial charge in [0.2, 0.25) is 0 Å². The van der Waals surface area contributed by atoms with Crippen LogP contribution in [0.2, 0.25) is 0 Å². The van der Waals surface area contributed by atoms with Gasteiger partial charge in [-0.25, -0.2) is 0 Å². The molecular formula is C17H24N2O3. The number of carbonyl (C=O) groups is 2. The van der Waals surface area contributed by atoms with E-state index in [0.29, 0.717) is 19.8 Å². The van der Waals surface area contributed by atoms with Gasteiger partial charge in [-0.2, -0.15) is 0 Å². The summed E-state index contributed by atoms with van der Waals surface area (Å²) in [7, 11) is 0. The quantitative estimate of drug-likeness (QED) is 0.826. The fourth-order valence-electron chi connectivity index (χ4n) is 2.78. The molecule has 0 aromatic heterocycles. The zero-order valence-corrected chi connectivity index (χ0v) is 13.2. The number of rotatable bonds is 4. The molecule has 0 atom stereocenters. The van der Waals surface area contributed by atoms with E-state index in [1.54, 1.807) is 0 Å². The molecule has 0 spiro atoms. The minimum atomic E-state index is -0.578. The maximum Gasteiger partial charge on any atom is 0.309 e. The number of nitrogens with one attached hydrogen (secondary N) is 2. The van der Waals surface area contributed by atoms with E-state index in [9.17, 15) is 9.59 Å². The lowest BCUT2D eigenvalue weighted by Crippen LogP contribution is -2.49. The van der Waals surface area contributed by atoms with Crippen molar-refractivity contribution < 1.29 is 14.3 Å². The van der Waals surface area contributed by atoms with Crippen molar-refractivity contribution in [3.05, 3.63) is 35.9 Å². The third kappa shape index (κ3) is 4.07. The Morgan fingerprint density at radius 1 is 1.14 bits per heavy atom. The zero-order chi connectivity index (χ0) is 16.0. The van der Waals surface area contributed by atoms with Crippen LogP contribution in [0, 0.1) is 0 Å². The summed E-state index contributed by atoms with van der Waals surface area (Å²) in [6.45, 7) is 5.45. The van der Waals surface area contributed by atoms with E-state index < -0.39 is 11.8 Å². The third-order valence-corrected chi connectivity index (χ3v) is 4.05. The first-order valence-corrected chi connectivity index (χ1v) is 7.75. The molecule has 0 saturated carbocycles. The molecule has 0 radical (unpaired) electrons. The maximum atomic E-state index is 11.9. The molecule has 2 amide bonds. The Kier molecular flexibility index (Phi) is 5.55. The predicted molar refractivity (Wildman–Crippen MR) is 84.5 cm³/mol. The third-order valence-electron chi connectivity index (χ3n) is 4.05. The molecule has 1 aliphatic rings. The molecule has 1 saturated heterocycles. The van der Waals surface area contributed by atoms with Gasteiger partial charge in [-0.05, 0) is 32.3 Å². The van der Waals surface area contributed by atoms with Crippen molar-refractivity contribution in [3.63, 3.8) is 0 Å². The van der Waals surface area contributed by atoms with Crippen molar-refractivity contribution >= 4 is 11.8 Å². The second kappa shape index (κ2) is 7.40. The highest BCUT2D eigenvalue weighted by molar-refractivity contribution is 6.35. The van der Waals surface area contributed by atoms with Crippen LogP contribution < -0.4 is 10.6 Å². The van der Waals surface area contributed by atoms with Gasteiger partial charge in [0, 0.05) is 31.2 Å². The SMILES string of the molecule is CC(C)NC(=O)C(=O)NCC1(c2ccccc2)CCOCC1. The van der Waals surface area contributed by atoms with Crippen LogP contribution in [0.3, 0.4) is 0 Å². The molecule has 1 aromatic carbocycles. The van der Waals surface area contributed by atoms with Gasteiger partial charge in [0.1, 0.15) is 0 Å². The molecule has 5 nitrogen and oxygen atoms in total. The Hall–Kier alpha value is -1.88. The summed E-state index contributed by atoms with van der Waals surface area (Å²) in [5.41, 5.74) is 1.02. The first-order valence-electron chi connectivity index (χ1n) is 7.75. The van der Waals surface area contributed by atoms with Crippen LogP contribution in [0.1, 0.15) is 32.3 Å². The number of hydrogen-bond donors (Lipinski definition) is 2. The summed E-state index contributed by atoms with van der Waals surface area (Å²) in [6, 6.07) is 10.1. The topological polar surface area (TPSA) is 67.4 Å². The normalized spacial score (nSPS) is 17.0. The van der Waals surface area contributed by atoms with Gasteiger partial charge in [0.25, 0.3) is 0 Å². The Labute approximate surface area is 131 Å². The van der Waals surface area contributed by atoms with E-state index in [-0.39, 0.29) is 11.5 Å². The summed E-state index contributed by atoms with van der Waals surface area (Å²) in [6.07, 6.45) is 1.67. The van der Waals surface area contributed by atoms with Gasteiger partial charge in [0.05, 0.1) is 0 Å². The predicted octanol–water partition coefficient (Wildman–Crippen LogP) is 1.38. The molecule has 0 aliphatic carbocycles. The van der Waals surface area contributed by atoms with Gasteiger partial charge in [0.15, 0.2) is 0 Å². The van der Waals surface area contributed by atoms with Gasteiger partial charge in [-0.1, -0.05) is 30.3 Å². The Balaban J connectivity index is 2.05. The standard InChI is InChI=1S/C17H24N2O3/c1-13(2)19-16(21)15(20)18-12-17(8-10-22-11-9-17)14-6-4-3-5-7-14/h3-7,13H,8-12H2,1-2H3,(H,18,20)(H,19,21). The Morgan fingerprint density at radius 2 is 1.77 bits per heavy atom. The van der Waals surface area contributed by atoms with E-state index in [2.05, 4.69) is 22.8 Å². The molecule has 1 aliphatic heterocycles. The summed E-state index contributed by atoms with van der Waals surface area (Å²) in [5.74, 6) is -1.15. The molecule has 2 rings (SSSR count). The Morgan fingerprint density at radius 3 is 2.36 bits per heavy atom. The van der Waals surface area contributed by atoms with Crippen LogP contribution in [0.25, 0.3) is 0 Å². The zero-order valence-electron chi connectivity index (χ0n) is 13.2. The van der Waals surface area contributed by atoms with Crippen molar-refractivity contribution in [1.29, 1.82) is 0 Å². The first-order chi connectivity index (χ1) is 10.5. The van der Waals surface area contributed by atoms with Crippen LogP contribution in [-0.2, 0) is 19.7 Å². The molecule has 2 N–H and O–H groups in total. The molecule has 5 heteroatoms. The lowest BCUT2D eigenvalue weighted by molar-refractivity contribution is -0.139. The second-order valence-corrected chi connectivity index (χ2v) is 6.07. The highest BCUT2D eigenvalue weighted by Crippen LogP contribution is 2.34. The molecular weight excluding hydrogens is 280 g/mol. The van der Waals surface area contributed by atoms with Crippen LogP contribution >= 0.6 is 0 Å². The van der Waals surface area contributed by atoms with Crippen LogP contribution in [0.15, 0.2) is 30.3 Å². The van der Waals surface area contributed by atoms with Crippen molar-refractivity contribution in [3.8, 4) is 0 Å². The molecule has 1 heterocycles. The second-order valence-electron chi connectivity index (χ2n) is 6.07. The minimum absolute atomic E-state index is 0.0515. The van der Waals surface area contributed by atoms with Gasteiger partial charge < -0.3 is 15.4 Å². The lowest BCUT2D eigenvalue weighted by atomic mass is 9.74. The van der Waals surface area contributed by atoms with Gasteiger partial charge >= 0.3 is 11.8 Å². The largest absolute Gasteiger partial charge is 0.381 e. The van der Waals surface area contributed by atoms with Crippen molar-refractivity contribution in [2.24, 2.45) is 0 Å². The fraction of sp³-hybridized carbons (Fsp3) is 0.529. The van der Waals surface area contributed by atoms with Gasteiger partial charge in [-0.15, -0.1) is 0 Å². The van der Waals surface area contributed by atoms with E-state index >= 15 is 0 Å². The number of carbonyl (C=O) groups excluding carboxylic acids is 2. The average Bonchev–Trinajstić information content (AvgIpc) is 2.53. The van der Waals surface area contributed by atoms with E-state index in [1.165, 1.54) is 5.56 Å². The Bertz CT molecular complexity index is 508. The van der Waals surface area contributed by atoms with Crippen LogP contribution in [0.5, 0.6) is 0 Å². The van der Waals surface area contributed by atoms with Crippen molar-refractivity contribution in [2.75, 3.05) is 19.8 Å². The smallest absolute Gasteiger partial charge is 0.309 e. The molecule has 0 unspecified atom stereocenters. The summed E-state index contributed by atoms with van der Waals surface area (Å²) in [5, 5.41) is 5.40. The van der Waals surface area contributed by atoms with Crippen molar-refractivity contribution in [1.82, 2.24) is 10.6 Å². The molecule has 0 bridgehead atoms. The highest BCUT2D eigenvalue weighted by Gasteiger charge is 2.35. The lowest BCUT2D eigenvalue weighted by Gasteiger charge is -2.37. The summed E-state index contributed by atoms with van der Waals surface area (Å²) < 4.78 is 5.46. The molecule has 22 heavy (non-hydrogen) atoms. The number of benzene rings is 1. The fourth-order valence-corrected chi connectivity index (χ4v) is 2.78. The van der Waals surface area contributed by atoms with Gasteiger partial charge in [-0.3, -0.25) is 9.59 Å². The minimum Gasteiger partial charge on any atom is -0.381 e. The molecule has 1 aromatic rings. The summed E-state index contributed by atoms with van der Waals surface area (Å²) >= 11 is 0.